The van der Waals surface area contributed by atoms with E-state index in [0.717, 1.165) is 16.5 Å². The number of hydrogen-bond acceptors (Lipinski definition) is 6. The predicted molar refractivity (Wildman–Crippen MR) is 130 cm³/mol. The molecule has 0 saturated carbocycles. The van der Waals surface area contributed by atoms with Crippen LogP contribution in [0.25, 0.3) is 28.2 Å². The average molecular weight is 459 g/mol. The van der Waals surface area contributed by atoms with E-state index in [1.54, 1.807) is 35.2 Å². The van der Waals surface area contributed by atoms with E-state index >= 15 is 0 Å². The van der Waals surface area contributed by atoms with Gasteiger partial charge in [0.15, 0.2) is 4.32 Å². The van der Waals surface area contributed by atoms with Crippen molar-refractivity contribution in [2.75, 3.05) is 4.90 Å². The number of furan rings is 1. The number of thioether (sulfide) groups is 1. The van der Waals surface area contributed by atoms with Crippen molar-refractivity contribution >= 4 is 62.4 Å². The lowest BCUT2D eigenvalue weighted by Gasteiger charge is -2.17. The molecule has 0 atom stereocenters. The van der Waals surface area contributed by atoms with Crippen molar-refractivity contribution in [2.45, 2.75) is 0 Å². The number of hydrogen-bond donors (Lipinski definition) is 0. The van der Waals surface area contributed by atoms with Gasteiger partial charge in [0.25, 0.3) is 11.6 Å². The van der Waals surface area contributed by atoms with Crippen molar-refractivity contribution in [1.82, 2.24) is 0 Å². The van der Waals surface area contributed by atoms with Crippen molar-refractivity contribution < 1.29 is 14.1 Å². The second kappa shape index (κ2) is 8.07. The lowest BCUT2D eigenvalue weighted by Crippen LogP contribution is -2.27. The summed E-state index contributed by atoms with van der Waals surface area (Å²) in [5.41, 5.74) is 1.31. The van der Waals surface area contributed by atoms with Gasteiger partial charge in [-0.05, 0) is 23.6 Å². The number of amides is 1. The Hall–Kier alpha value is -3.75. The molecule has 6 nitrogen and oxygen atoms in total. The third kappa shape index (κ3) is 3.59. The Balaban J connectivity index is 1.46. The molecule has 0 bridgehead atoms. The Kier molecular flexibility index (Phi) is 5.08. The Morgan fingerprint density at radius 2 is 1.78 bits per heavy atom. The molecule has 1 aliphatic rings. The first-order valence-electron chi connectivity index (χ1n) is 9.62. The van der Waals surface area contributed by atoms with Crippen LogP contribution in [0.3, 0.4) is 0 Å². The number of thiocarbonyl (C=S) groups is 1. The first-order valence-corrected chi connectivity index (χ1v) is 10.8. The summed E-state index contributed by atoms with van der Waals surface area (Å²) in [6, 6.07) is 23.2. The van der Waals surface area contributed by atoms with Gasteiger partial charge in [-0.3, -0.25) is 19.8 Å². The number of carbonyl (C=O) groups excluding carboxylic acids is 1. The molecule has 1 aliphatic heterocycles. The number of nitrogens with zero attached hydrogens (tertiary/aromatic N) is 2. The fourth-order valence-corrected chi connectivity index (χ4v) is 4.83. The predicted octanol–water partition coefficient (Wildman–Crippen LogP) is 6.41. The van der Waals surface area contributed by atoms with Gasteiger partial charge in [0.05, 0.1) is 15.5 Å². The molecular formula is C24H14N2O4S2. The molecule has 3 aromatic carbocycles. The highest BCUT2D eigenvalue weighted by Gasteiger charge is 2.34. The van der Waals surface area contributed by atoms with Gasteiger partial charge < -0.3 is 4.42 Å². The van der Waals surface area contributed by atoms with Crippen molar-refractivity contribution in [3.63, 3.8) is 0 Å². The average Bonchev–Trinajstić information content (AvgIpc) is 3.38. The van der Waals surface area contributed by atoms with Crippen molar-refractivity contribution in [3.05, 3.63) is 99.6 Å². The molecule has 8 heteroatoms. The number of non-ortho nitro benzene ring substituents is 1. The SMILES string of the molecule is O=C1/C(=C\c2ccc(-c3cccc([N+](=O)[O-])c3)o2)SC(=S)N1c1cccc2ccccc12. The van der Waals surface area contributed by atoms with Gasteiger partial charge in [-0.1, -0.05) is 72.5 Å². The Labute approximate surface area is 192 Å². The second-order valence-corrected chi connectivity index (χ2v) is 8.70. The van der Waals surface area contributed by atoms with Crippen LogP contribution in [0, 0.1) is 10.1 Å². The number of carbonyl (C=O) groups is 1. The maximum Gasteiger partial charge on any atom is 0.270 e. The molecule has 4 aromatic rings. The monoisotopic (exact) mass is 458 g/mol. The summed E-state index contributed by atoms with van der Waals surface area (Å²) in [5.74, 6) is 0.721. The smallest absolute Gasteiger partial charge is 0.270 e. The van der Waals surface area contributed by atoms with Gasteiger partial charge in [0, 0.05) is 29.2 Å². The Morgan fingerprint density at radius 3 is 2.62 bits per heavy atom. The van der Waals surface area contributed by atoms with Crippen LogP contribution < -0.4 is 4.90 Å². The van der Waals surface area contributed by atoms with Crippen LogP contribution >= 0.6 is 24.0 Å². The maximum atomic E-state index is 13.2. The molecule has 32 heavy (non-hydrogen) atoms. The van der Waals surface area contributed by atoms with E-state index in [-0.39, 0.29) is 11.6 Å². The van der Waals surface area contributed by atoms with Gasteiger partial charge in [-0.15, -0.1) is 0 Å². The highest BCUT2D eigenvalue weighted by atomic mass is 32.2. The van der Waals surface area contributed by atoms with Crippen LogP contribution in [0.15, 0.2) is 88.2 Å². The zero-order chi connectivity index (χ0) is 22.2. The number of anilines is 1. The van der Waals surface area contributed by atoms with E-state index in [4.69, 9.17) is 16.6 Å². The Bertz CT molecular complexity index is 1440. The molecule has 0 aliphatic carbocycles. The van der Waals surface area contributed by atoms with Gasteiger partial charge in [-0.25, -0.2) is 0 Å². The van der Waals surface area contributed by atoms with E-state index in [1.165, 1.54) is 23.9 Å². The minimum atomic E-state index is -0.452. The molecule has 1 fully saturated rings. The van der Waals surface area contributed by atoms with E-state index in [2.05, 4.69) is 0 Å². The molecule has 2 heterocycles. The summed E-state index contributed by atoms with van der Waals surface area (Å²) in [7, 11) is 0. The van der Waals surface area contributed by atoms with E-state index < -0.39 is 4.92 Å². The summed E-state index contributed by atoms with van der Waals surface area (Å²) in [6.45, 7) is 0. The topological polar surface area (TPSA) is 76.6 Å². The van der Waals surface area contributed by atoms with Gasteiger partial charge in [0.1, 0.15) is 11.5 Å². The number of benzene rings is 3. The fourth-order valence-electron chi connectivity index (χ4n) is 3.57. The third-order valence-corrected chi connectivity index (χ3v) is 6.35. The van der Waals surface area contributed by atoms with Crippen molar-refractivity contribution in [2.24, 2.45) is 0 Å². The second-order valence-electron chi connectivity index (χ2n) is 7.02. The van der Waals surface area contributed by atoms with Crippen LogP contribution in [0.2, 0.25) is 0 Å². The number of nitro benzene ring substituents is 1. The van der Waals surface area contributed by atoms with Crippen molar-refractivity contribution in [1.29, 1.82) is 0 Å². The minimum Gasteiger partial charge on any atom is -0.457 e. The van der Waals surface area contributed by atoms with Crippen LogP contribution in [-0.4, -0.2) is 15.2 Å². The first kappa shape index (κ1) is 20.2. The highest BCUT2D eigenvalue weighted by Crippen LogP contribution is 2.39. The molecule has 0 radical (unpaired) electrons. The van der Waals surface area contributed by atoms with Gasteiger partial charge in [-0.2, -0.15) is 0 Å². The lowest BCUT2D eigenvalue weighted by atomic mass is 10.1. The molecule has 5 rings (SSSR count). The van der Waals surface area contributed by atoms with Gasteiger partial charge >= 0.3 is 0 Å². The summed E-state index contributed by atoms with van der Waals surface area (Å²) in [4.78, 5) is 25.8. The van der Waals surface area contributed by atoms with Gasteiger partial charge in [0.2, 0.25) is 0 Å². The number of fused-ring (bicyclic) bond motifs is 1. The summed E-state index contributed by atoms with van der Waals surface area (Å²) in [5, 5.41) is 13.0. The zero-order valence-electron chi connectivity index (χ0n) is 16.4. The van der Waals surface area contributed by atoms with Crippen LogP contribution in [0.5, 0.6) is 0 Å². The molecule has 1 amide bonds. The van der Waals surface area contributed by atoms with E-state index in [1.807, 2.05) is 42.5 Å². The summed E-state index contributed by atoms with van der Waals surface area (Å²) in [6.07, 6.45) is 1.64. The molecule has 0 N–H and O–H groups in total. The molecule has 1 aromatic heterocycles. The lowest BCUT2D eigenvalue weighted by molar-refractivity contribution is -0.384. The van der Waals surface area contributed by atoms with Crippen LogP contribution in [0.4, 0.5) is 11.4 Å². The number of rotatable bonds is 4. The van der Waals surface area contributed by atoms with E-state index in [9.17, 15) is 14.9 Å². The summed E-state index contributed by atoms with van der Waals surface area (Å²) < 4.78 is 6.28. The number of nitro groups is 1. The molecular weight excluding hydrogens is 444 g/mol. The first-order chi connectivity index (χ1) is 15.5. The standard InChI is InChI=1S/C24H14N2O4S2/c27-23-22(14-18-11-12-21(30-18)16-7-3-8-17(13-16)26(28)29)32-24(31)25(23)20-10-4-6-15-5-1-2-9-19(15)20/h1-14H/b22-14+. The maximum absolute atomic E-state index is 13.2. The normalized spacial score (nSPS) is 15.1. The fraction of sp³-hybridized carbons (Fsp3) is 0. The molecule has 0 unspecified atom stereocenters. The quantitative estimate of drug-likeness (QED) is 0.152. The van der Waals surface area contributed by atoms with Crippen LogP contribution in [0.1, 0.15) is 5.76 Å². The summed E-state index contributed by atoms with van der Waals surface area (Å²) >= 11 is 6.72. The Morgan fingerprint density at radius 1 is 1.00 bits per heavy atom. The minimum absolute atomic E-state index is 0.0172. The molecule has 156 valence electrons. The highest BCUT2D eigenvalue weighted by molar-refractivity contribution is 8.27. The third-order valence-electron chi connectivity index (χ3n) is 5.04. The largest absolute Gasteiger partial charge is 0.457 e. The van der Waals surface area contributed by atoms with E-state index in [0.29, 0.717) is 26.3 Å². The molecule has 0 spiro atoms. The van der Waals surface area contributed by atoms with Crippen molar-refractivity contribution in [3.8, 4) is 11.3 Å². The van der Waals surface area contributed by atoms with Crippen LogP contribution in [-0.2, 0) is 4.79 Å². The zero-order valence-corrected chi connectivity index (χ0v) is 18.1. The molecule has 1 saturated heterocycles.